The van der Waals surface area contributed by atoms with Crippen molar-refractivity contribution in [1.29, 1.82) is 0 Å². The van der Waals surface area contributed by atoms with E-state index in [9.17, 15) is 4.79 Å². The molecule has 3 rings (SSSR count). The Bertz CT molecular complexity index is 965. The molecule has 0 bridgehead atoms. The first kappa shape index (κ1) is 18.9. The fourth-order valence-corrected chi connectivity index (χ4v) is 2.92. The van der Waals surface area contributed by atoms with Crippen LogP contribution in [0.25, 0.3) is 6.08 Å². The van der Waals surface area contributed by atoms with Crippen LogP contribution in [0.4, 0.5) is 0 Å². The maximum Gasteiger partial charge on any atom is 0.331 e. The van der Waals surface area contributed by atoms with E-state index < -0.39 is 5.97 Å². The molecule has 0 saturated carbocycles. The molecule has 0 spiro atoms. The minimum atomic E-state index is -0.418. The van der Waals surface area contributed by atoms with Crippen LogP contribution in [-0.4, -0.2) is 20.7 Å². The lowest BCUT2D eigenvalue weighted by molar-refractivity contribution is -0.139. The summed E-state index contributed by atoms with van der Waals surface area (Å²) < 4.78 is 7.10. The molecule has 0 saturated heterocycles. The second-order valence-corrected chi connectivity index (χ2v) is 6.50. The number of aromatic nitrogens is 3. The van der Waals surface area contributed by atoms with E-state index in [1.807, 2.05) is 61.0 Å². The highest BCUT2D eigenvalue weighted by Gasteiger charge is 2.11. The predicted molar refractivity (Wildman–Crippen MR) is 105 cm³/mol. The van der Waals surface area contributed by atoms with Gasteiger partial charge in [0.05, 0.1) is 17.9 Å². The number of aryl methyl sites for hydroxylation is 1. The summed E-state index contributed by atoms with van der Waals surface area (Å²) in [5.41, 5.74) is 4.40. The molecule has 0 N–H and O–H groups in total. The van der Waals surface area contributed by atoms with Crippen LogP contribution in [0, 0.1) is 13.8 Å². The van der Waals surface area contributed by atoms with Gasteiger partial charge < -0.3 is 4.74 Å². The maximum absolute atomic E-state index is 12.0. The number of rotatable bonds is 6. The number of esters is 1. The highest BCUT2D eigenvalue weighted by Crippen LogP contribution is 2.20. The standard InChI is InChI=1S/C21H20ClN3O2/c1-15-19(10-11-21(26)27-14-18-8-5-6-12-23-18)16(2)25(24-15)13-17-7-3-4-9-20(17)22/h3-12H,13-14H2,1-2H3/b11-10+. The van der Waals surface area contributed by atoms with Crippen molar-refractivity contribution in [3.8, 4) is 0 Å². The van der Waals surface area contributed by atoms with Crippen molar-refractivity contribution in [2.24, 2.45) is 0 Å². The molecule has 0 unspecified atom stereocenters. The number of hydrogen-bond donors (Lipinski definition) is 0. The third-order valence-electron chi connectivity index (χ3n) is 4.19. The molecule has 0 aliphatic heterocycles. The van der Waals surface area contributed by atoms with Gasteiger partial charge in [0.25, 0.3) is 0 Å². The number of hydrogen-bond acceptors (Lipinski definition) is 4. The molecule has 0 atom stereocenters. The zero-order chi connectivity index (χ0) is 19.2. The van der Waals surface area contributed by atoms with E-state index in [1.165, 1.54) is 6.08 Å². The average molecular weight is 382 g/mol. The van der Waals surface area contributed by atoms with Gasteiger partial charge in [-0.2, -0.15) is 5.10 Å². The van der Waals surface area contributed by atoms with E-state index in [1.54, 1.807) is 12.3 Å². The van der Waals surface area contributed by atoms with Crippen molar-refractivity contribution in [3.05, 3.63) is 88.0 Å². The molecule has 0 fully saturated rings. The third-order valence-corrected chi connectivity index (χ3v) is 4.56. The van der Waals surface area contributed by atoms with Crippen LogP contribution >= 0.6 is 11.6 Å². The van der Waals surface area contributed by atoms with Crippen LogP contribution in [0.1, 0.15) is 28.2 Å². The van der Waals surface area contributed by atoms with Gasteiger partial charge in [0.15, 0.2) is 0 Å². The summed E-state index contributed by atoms with van der Waals surface area (Å²) in [5.74, 6) is -0.418. The minimum Gasteiger partial charge on any atom is -0.456 e. The van der Waals surface area contributed by atoms with Crippen molar-refractivity contribution >= 4 is 23.6 Å². The van der Waals surface area contributed by atoms with Crippen molar-refractivity contribution in [2.45, 2.75) is 27.0 Å². The number of carbonyl (C=O) groups is 1. The van der Waals surface area contributed by atoms with E-state index in [2.05, 4.69) is 10.1 Å². The highest BCUT2D eigenvalue weighted by atomic mass is 35.5. The normalized spacial score (nSPS) is 11.1. The number of nitrogens with zero attached hydrogens (tertiary/aromatic N) is 3. The van der Waals surface area contributed by atoms with Crippen LogP contribution < -0.4 is 0 Å². The van der Waals surface area contributed by atoms with Gasteiger partial charge >= 0.3 is 5.97 Å². The molecule has 0 aliphatic rings. The van der Waals surface area contributed by atoms with Crippen molar-refractivity contribution in [2.75, 3.05) is 0 Å². The monoisotopic (exact) mass is 381 g/mol. The lowest BCUT2D eigenvalue weighted by atomic mass is 10.1. The van der Waals surface area contributed by atoms with Gasteiger partial charge in [0.1, 0.15) is 6.61 Å². The first-order valence-corrected chi connectivity index (χ1v) is 8.94. The lowest BCUT2D eigenvalue weighted by Gasteiger charge is -2.06. The Kier molecular flexibility index (Phi) is 6.04. The first-order valence-electron chi connectivity index (χ1n) is 8.56. The summed E-state index contributed by atoms with van der Waals surface area (Å²) in [7, 11) is 0. The van der Waals surface area contributed by atoms with Gasteiger partial charge in [-0.1, -0.05) is 35.9 Å². The molecule has 138 valence electrons. The quantitative estimate of drug-likeness (QED) is 0.470. The van der Waals surface area contributed by atoms with Crippen molar-refractivity contribution < 1.29 is 9.53 Å². The zero-order valence-electron chi connectivity index (χ0n) is 15.2. The number of pyridine rings is 1. The summed E-state index contributed by atoms with van der Waals surface area (Å²) in [6.45, 7) is 4.60. The van der Waals surface area contributed by atoms with E-state index >= 15 is 0 Å². The SMILES string of the molecule is Cc1nn(Cc2ccccc2Cl)c(C)c1/C=C/C(=O)OCc1ccccn1. The van der Waals surface area contributed by atoms with Gasteiger partial charge in [0.2, 0.25) is 0 Å². The molecular weight excluding hydrogens is 362 g/mol. The smallest absolute Gasteiger partial charge is 0.331 e. The second-order valence-electron chi connectivity index (χ2n) is 6.10. The van der Waals surface area contributed by atoms with Crippen LogP contribution in [0.3, 0.4) is 0 Å². The molecule has 1 aromatic carbocycles. The molecule has 6 heteroatoms. The van der Waals surface area contributed by atoms with Crippen LogP contribution in [-0.2, 0) is 22.7 Å². The number of halogens is 1. The molecule has 5 nitrogen and oxygen atoms in total. The molecule has 2 heterocycles. The van der Waals surface area contributed by atoms with E-state index in [0.29, 0.717) is 17.3 Å². The van der Waals surface area contributed by atoms with E-state index in [-0.39, 0.29) is 6.61 Å². The molecule has 0 radical (unpaired) electrons. The summed E-state index contributed by atoms with van der Waals surface area (Å²) in [6.07, 6.45) is 4.82. The fourth-order valence-electron chi connectivity index (χ4n) is 2.72. The van der Waals surface area contributed by atoms with Gasteiger partial charge in [-0.05, 0) is 43.7 Å². The maximum atomic E-state index is 12.0. The summed E-state index contributed by atoms with van der Waals surface area (Å²) in [4.78, 5) is 16.1. The Labute approximate surface area is 163 Å². The van der Waals surface area contributed by atoms with E-state index in [0.717, 1.165) is 22.5 Å². The van der Waals surface area contributed by atoms with Gasteiger partial charge in [-0.3, -0.25) is 9.67 Å². The largest absolute Gasteiger partial charge is 0.456 e. The summed E-state index contributed by atoms with van der Waals surface area (Å²) >= 11 is 6.24. The minimum absolute atomic E-state index is 0.147. The average Bonchev–Trinajstić information content (AvgIpc) is 2.94. The van der Waals surface area contributed by atoms with Crippen molar-refractivity contribution in [1.82, 2.24) is 14.8 Å². The van der Waals surface area contributed by atoms with Gasteiger partial charge in [0, 0.05) is 28.6 Å². The molecule has 3 aromatic rings. The van der Waals surface area contributed by atoms with E-state index in [4.69, 9.17) is 16.3 Å². The van der Waals surface area contributed by atoms with Crippen LogP contribution in [0.2, 0.25) is 5.02 Å². The Balaban J connectivity index is 1.68. The van der Waals surface area contributed by atoms with Gasteiger partial charge in [-0.15, -0.1) is 0 Å². The highest BCUT2D eigenvalue weighted by molar-refractivity contribution is 6.31. The molecular formula is C21H20ClN3O2. The van der Waals surface area contributed by atoms with Crippen molar-refractivity contribution in [3.63, 3.8) is 0 Å². The first-order chi connectivity index (χ1) is 13.0. The van der Waals surface area contributed by atoms with Gasteiger partial charge in [-0.25, -0.2) is 4.79 Å². The number of carbonyl (C=O) groups excluding carboxylic acids is 1. The number of benzene rings is 1. The lowest BCUT2D eigenvalue weighted by Crippen LogP contribution is -2.04. The van der Waals surface area contributed by atoms with Crippen LogP contribution in [0.5, 0.6) is 0 Å². The summed E-state index contributed by atoms with van der Waals surface area (Å²) in [5, 5.41) is 5.27. The Morgan fingerprint density at radius 3 is 2.70 bits per heavy atom. The second kappa shape index (κ2) is 8.64. The topological polar surface area (TPSA) is 57.0 Å². The van der Waals surface area contributed by atoms with Crippen LogP contribution in [0.15, 0.2) is 54.7 Å². The summed E-state index contributed by atoms with van der Waals surface area (Å²) in [6, 6.07) is 13.2. The Morgan fingerprint density at radius 2 is 1.96 bits per heavy atom. The molecule has 27 heavy (non-hydrogen) atoms. The molecule has 2 aromatic heterocycles. The third kappa shape index (κ3) is 4.83. The number of ether oxygens (including phenoxy) is 1. The molecule has 0 aliphatic carbocycles. The molecule has 0 amide bonds. The Morgan fingerprint density at radius 1 is 1.19 bits per heavy atom. The fraction of sp³-hybridized carbons (Fsp3) is 0.190. The Hall–Kier alpha value is -2.92. The predicted octanol–water partition coefficient (Wildman–Crippen LogP) is 4.35. The zero-order valence-corrected chi connectivity index (χ0v) is 16.0.